The summed E-state index contributed by atoms with van der Waals surface area (Å²) in [6, 6.07) is 17.1. The average Bonchev–Trinajstić information content (AvgIpc) is 3.45. The van der Waals surface area contributed by atoms with Crippen LogP contribution in [-0.2, 0) is 12.8 Å². The van der Waals surface area contributed by atoms with E-state index in [1.54, 1.807) is 17.7 Å². The first-order valence-electron chi connectivity index (χ1n) is 9.82. The number of aryl methyl sites for hydroxylation is 2. The summed E-state index contributed by atoms with van der Waals surface area (Å²) in [4.78, 5) is 13.4. The second-order valence-corrected chi connectivity index (χ2v) is 7.68. The van der Waals surface area contributed by atoms with Gasteiger partial charge in [0.2, 0.25) is 0 Å². The van der Waals surface area contributed by atoms with Gasteiger partial charge in [-0.05, 0) is 44.4 Å². The van der Waals surface area contributed by atoms with Crippen LogP contribution in [0.25, 0.3) is 16.9 Å². The van der Waals surface area contributed by atoms with Gasteiger partial charge < -0.3 is 9.84 Å². The lowest BCUT2D eigenvalue weighted by atomic mass is 10.1. The first kappa shape index (κ1) is 18.6. The number of rotatable bonds is 4. The van der Waals surface area contributed by atoms with Crippen LogP contribution in [0.4, 0.5) is 5.82 Å². The average molecular weight is 419 g/mol. The minimum atomic E-state index is -0.296. The fourth-order valence-electron chi connectivity index (χ4n) is 3.92. The van der Waals surface area contributed by atoms with Crippen molar-refractivity contribution >= 4 is 23.3 Å². The van der Waals surface area contributed by atoms with Gasteiger partial charge in [-0.2, -0.15) is 5.10 Å². The van der Waals surface area contributed by atoms with Gasteiger partial charge in [0, 0.05) is 11.1 Å². The molecule has 0 saturated heterocycles. The highest BCUT2D eigenvalue weighted by molar-refractivity contribution is 6.33. The fraction of sp³-hybridized carbons (Fsp3) is 0.174. The Balaban J connectivity index is 1.57. The molecular weight excluding hydrogens is 400 g/mol. The lowest BCUT2D eigenvalue weighted by molar-refractivity contribution is 0.102. The number of fused-ring (bicyclic) bond motifs is 1. The lowest BCUT2D eigenvalue weighted by Crippen LogP contribution is -2.17. The van der Waals surface area contributed by atoms with Crippen LogP contribution in [0.5, 0.6) is 0 Å². The van der Waals surface area contributed by atoms with Gasteiger partial charge in [-0.3, -0.25) is 4.79 Å². The highest BCUT2D eigenvalue weighted by atomic mass is 35.5. The zero-order chi connectivity index (χ0) is 20.7. The second kappa shape index (κ2) is 7.46. The van der Waals surface area contributed by atoms with Crippen molar-refractivity contribution in [3.8, 4) is 16.9 Å². The van der Waals surface area contributed by atoms with E-state index in [2.05, 4.69) is 10.5 Å². The van der Waals surface area contributed by atoms with Gasteiger partial charge in [0.25, 0.3) is 5.91 Å². The van der Waals surface area contributed by atoms with E-state index < -0.39 is 0 Å². The van der Waals surface area contributed by atoms with Crippen molar-refractivity contribution in [2.45, 2.75) is 26.2 Å². The molecule has 0 spiro atoms. The van der Waals surface area contributed by atoms with Crippen LogP contribution < -0.4 is 5.32 Å². The monoisotopic (exact) mass is 418 g/mol. The van der Waals surface area contributed by atoms with Crippen molar-refractivity contribution in [1.82, 2.24) is 14.9 Å². The number of para-hydroxylation sites is 1. The molecule has 0 radical (unpaired) electrons. The molecule has 1 aliphatic rings. The Hall–Kier alpha value is -3.38. The van der Waals surface area contributed by atoms with Crippen molar-refractivity contribution in [3.05, 3.63) is 82.2 Å². The molecule has 6 nitrogen and oxygen atoms in total. The van der Waals surface area contributed by atoms with Gasteiger partial charge in [-0.1, -0.05) is 53.2 Å². The number of halogens is 1. The van der Waals surface area contributed by atoms with Crippen LogP contribution >= 0.6 is 11.6 Å². The molecule has 0 unspecified atom stereocenters. The summed E-state index contributed by atoms with van der Waals surface area (Å²) in [6.45, 7) is 1.72. The van der Waals surface area contributed by atoms with Gasteiger partial charge >= 0.3 is 0 Å². The number of carbonyl (C=O) groups is 1. The molecule has 30 heavy (non-hydrogen) atoms. The summed E-state index contributed by atoms with van der Waals surface area (Å²) in [7, 11) is 0. The number of aromatic nitrogens is 3. The zero-order valence-corrected chi connectivity index (χ0v) is 17.1. The lowest BCUT2D eigenvalue weighted by Gasteiger charge is -2.11. The topological polar surface area (TPSA) is 73.0 Å². The van der Waals surface area contributed by atoms with E-state index in [1.165, 1.54) is 0 Å². The number of nitrogens with one attached hydrogen (secondary N) is 1. The van der Waals surface area contributed by atoms with Gasteiger partial charge in [0.1, 0.15) is 22.8 Å². The molecule has 1 amide bonds. The van der Waals surface area contributed by atoms with E-state index in [0.29, 0.717) is 33.4 Å². The van der Waals surface area contributed by atoms with Gasteiger partial charge in [-0.15, -0.1) is 0 Å². The molecule has 150 valence electrons. The van der Waals surface area contributed by atoms with Gasteiger partial charge in [0.05, 0.1) is 16.4 Å². The van der Waals surface area contributed by atoms with Crippen molar-refractivity contribution in [2.24, 2.45) is 0 Å². The summed E-state index contributed by atoms with van der Waals surface area (Å²) in [5.74, 6) is 0.838. The molecular formula is C23H19ClN4O2. The molecule has 2 aromatic carbocycles. The molecule has 5 rings (SSSR count). The van der Waals surface area contributed by atoms with Crippen molar-refractivity contribution < 1.29 is 9.32 Å². The molecule has 0 aliphatic heterocycles. The highest BCUT2D eigenvalue weighted by Gasteiger charge is 2.28. The molecule has 7 heteroatoms. The summed E-state index contributed by atoms with van der Waals surface area (Å²) in [6.07, 6.45) is 2.83. The predicted octanol–water partition coefficient (Wildman–Crippen LogP) is 5.23. The normalized spacial score (nSPS) is 12.7. The Morgan fingerprint density at radius 1 is 1.10 bits per heavy atom. The van der Waals surface area contributed by atoms with Crippen LogP contribution in [0.3, 0.4) is 0 Å². The summed E-state index contributed by atoms with van der Waals surface area (Å²) >= 11 is 6.34. The van der Waals surface area contributed by atoms with Gasteiger partial charge in [-0.25, -0.2) is 4.68 Å². The summed E-state index contributed by atoms with van der Waals surface area (Å²) in [5, 5.41) is 12.5. The Morgan fingerprint density at radius 2 is 1.87 bits per heavy atom. The van der Waals surface area contributed by atoms with Crippen LogP contribution in [0.2, 0.25) is 5.02 Å². The van der Waals surface area contributed by atoms with Crippen LogP contribution in [0, 0.1) is 6.92 Å². The fourth-order valence-corrected chi connectivity index (χ4v) is 4.15. The van der Waals surface area contributed by atoms with Crippen LogP contribution in [0.1, 0.15) is 33.8 Å². The standard InChI is InChI=1S/C23H19ClN4O2/c1-14-20(21(27-30-14)16-10-5-6-12-18(16)24)23(29)25-22-17-11-7-13-19(17)26-28(22)15-8-3-2-4-9-15/h2-6,8-10,12H,7,11,13H2,1H3,(H,25,29). The van der Waals surface area contributed by atoms with Crippen molar-refractivity contribution in [1.29, 1.82) is 0 Å². The van der Waals surface area contributed by atoms with E-state index in [9.17, 15) is 4.79 Å². The smallest absolute Gasteiger partial charge is 0.262 e. The Kier molecular flexibility index (Phi) is 4.64. The summed E-state index contributed by atoms with van der Waals surface area (Å²) in [5.41, 5.74) is 4.47. The van der Waals surface area contributed by atoms with E-state index in [-0.39, 0.29) is 5.91 Å². The highest BCUT2D eigenvalue weighted by Crippen LogP contribution is 2.34. The van der Waals surface area contributed by atoms with Crippen molar-refractivity contribution in [3.63, 3.8) is 0 Å². The Morgan fingerprint density at radius 3 is 2.67 bits per heavy atom. The number of anilines is 1. The first-order valence-corrected chi connectivity index (χ1v) is 10.2. The number of nitrogens with zero attached hydrogens (tertiary/aromatic N) is 3. The number of hydrogen-bond acceptors (Lipinski definition) is 4. The quantitative estimate of drug-likeness (QED) is 0.492. The molecule has 1 N–H and O–H groups in total. The molecule has 4 aromatic rings. The first-order chi connectivity index (χ1) is 14.6. The third-order valence-electron chi connectivity index (χ3n) is 5.36. The molecule has 1 aliphatic carbocycles. The molecule has 0 saturated carbocycles. The van der Waals surface area contributed by atoms with Crippen LogP contribution in [-0.4, -0.2) is 20.8 Å². The van der Waals surface area contributed by atoms with Crippen LogP contribution in [0.15, 0.2) is 59.1 Å². The minimum Gasteiger partial charge on any atom is -0.360 e. The van der Waals surface area contributed by atoms with Crippen molar-refractivity contribution in [2.75, 3.05) is 5.32 Å². The van der Waals surface area contributed by atoms with E-state index in [4.69, 9.17) is 21.2 Å². The molecule has 2 aromatic heterocycles. The maximum absolute atomic E-state index is 13.4. The largest absolute Gasteiger partial charge is 0.360 e. The molecule has 0 atom stereocenters. The number of hydrogen-bond donors (Lipinski definition) is 1. The molecule has 2 heterocycles. The molecule has 0 fully saturated rings. The zero-order valence-electron chi connectivity index (χ0n) is 16.4. The van der Waals surface area contributed by atoms with Gasteiger partial charge in [0.15, 0.2) is 0 Å². The third-order valence-corrected chi connectivity index (χ3v) is 5.69. The number of carbonyl (C=O) groups excluding carboxylic acids is 1. The number of amides is 1. The second-order valence-electron chi connectivity index (χ2n) is 7.27. The minimum absolute atomic E-state index is 0.296. The Labute approximate surface area is 178 Å². The third kappa shape index (κ3) is 3.09. The molecule has 0 bridgehead atoms. The maximum atomic E-state index is 13.4. The number of benzene rings is 2. The van der Waals surface area contributed by atoms with E-state index in [1.807, 2.05) is 48.5 Å². The van der Waals surface area contributed by atoms with E-state index >= 15 is 0 Å². The maximum Gasteiger partial charge on any atom is 0.262 e. The Bertz CT molecular complexity index is 1240. The SMILES string of the molecule is Cc1onc(-c2ccccc2Cl)c1C(=O)Nc1c2c(nn1-c1ccccc1)CCC2. The van der Waals surface area contributed by atoms with E-state index in [0.717, 1.165) is 36.2 Å². The predicted molar refractivity (Wildman–Crippen MR) is 115 cm³/mol. The summed E-state index contributed by atoms with van der Waals surface area (Å²) < 4.78 is 7.17.